The predicted octanol–water partition coefficient (Wildman–Crippen LogP) is 4.49. The second-order valence-electron chi connectivity index (χ2n) is 9.31. The lowest BCUT2D eigenvalue weighted by Gasteiger charge is -2.47. The summed E-state index contributed by atoms with van der Waals surface area (Å²) >= 11 is 0. The van der Waals surface area contributed by atoms with E-state index in [-0.39, 0.29) is 18.2 Å². The van der Waals surface area contributed by atoms with Gasteiger partial charge in [-0.25, -0.2) is 0 Å². The molecule has 1 saturated heterocycles. The van der Waals surface area contributed by atoms with Gasteiger partial charge in [-0.2, -0.15) is 0 Å². The molecule has 7 nitrogen and oxygen atoms in total. The van der Waals surface area contributed by atoms with E-state index in [0.29, 0.717) is 37.3 Å². The molecule has 2 heterocycles. The predicted molar refractivity (Wildman–Crippen MR) is 145 cm³/mol. The normalized spacial score (nSPS) is 15.5. The molecule has 0 bridgehead atoms. The van der Waals surface area contributed by atoms with Crippen LogP contribution in [0.25, 0.3) is 6.08 Å². The number of benzene rings is 3. The fraction of sp³-hybridized carbons (Fsp3) is 0.226. The molecule has 3 aromatic carbocycles. The molecule has 1 aromatic heterocycles. The highest BCUT2D eigenvalue weighted by atomic mass is 16.5. The van der Waals surface area contributed by atoms with Crippen molar-refractivity contribution in [1.82, 2.24) is 19.9 Å². The first-order chi connectivity index (χ1) is 18.6. The minimum absolute atomic E-state index is 0.105. The van der Waals surface area contributed by atoms with Crippen LogP contribution < -0.4 is 0 Å². The number of ketones is 1. The van der Waals surface area contributed by atoms with Crippen molar-refractivity contribution < 1.29 is 14.3 Å². The smallest absolute Gasteiger partial charge is 0.307 e. The molecule has 0 atom stereocenters. The van der Waals surface area contributed by atoms with Gasteiger partial charge in [-0.3, -0.25) is 19.2 Å². The van der Waals surface area contributed by atoms with Crippen molar-refractivity contribution in [1.29, 1.82) is 0 Å². The van der Waals surface area contributed by atoms with Crippen molar-refractivity contribution in [2.24, 2.45) is 0 Å². The van der Waals surface area contributed by atoms with Crippen LogP contribution in [0.3, 0.4) is 0 Å². The van der Waals surface area contributed by atoms with Crippen LogP contribution in [0, 0.1) is 0 Å². The summed E-state index contributed by atoms with van der Waals surface area (Å²) in [5, 5.41) is 8.34. The molecule has 0 amide bonds. The molecule has 0 unspecified atom stereocenters. The minimum Gasteiger partial charge on any atom is -0.469 e. The Labute approximate surface area is 222 Å². The van der Waals surface area contributed by atoms with Gasteiger partial charge < -0.3 is 4.74 Å². The molecule has 4 aromatic rings. The SMILES string of the molecule is COC(=O)CCn1cc(/C=C2/CN(C(c3ccccc3)(c3ccccc3)c3ccccc3)CCC2=O)nn1. The van der Waals surface area contributed by atoms with Crippen LogP contribution in [0.1, 0.15) is 35.2 Å². The first-order valence-electron chi connectivity index (χ1n) is 12.7. The average molecular weight is 507 g/mol. The Morgan fingerprint density at radius 1 is 0.921 bits per heavy atom. The van der Waals surface area contributed by atoms with E-state index >= 15 is 0 Å². The van der Waals surface area contributed by atoms with Gasteiger partial charge in [0, 0.05) is 25.1 Å². The molecular weight excluding hydrogens is 476 g/mol. The van der Waals surface area contributed by atoms with Crippen LogP contribution in [0.5, 0.6) is 0 Å². The number of nitrogens with zero attached hydrogens (tertiary/aromatic N) is 4. The fourth-order valence-corrected chi connectivity index (χ4v) is 5.24. The van der Waals surface area contributed by atoms with E-state index in [9.17, 15) is 9.59 Å². The van der Waals surface area contributed by atoms with Crippen LogP contribution in [0.4, 0.5) is 0 Å². The van der Waals surface area contributed by atoms with Crippen molar-refractivity contribution >= 4 is 17.8 Å². The van der Waals surface area contributed by atoms with Crippen molar-refractivity contribution in [3.63, 3.8) is 0 Å². The van der Waals surface area contributed by atoms with Gasteiger partial charge in [0.05, 0.1) is 31.8 Å². The summed E-state index contributed by atoms with van der Waals surface area (Å²) < 4.78 is 6.30. The zero-order chi connectivity index (χ0) is 26.4. The lowest BCUT2D eigenvalue weighted by molar-refractivity contribution is -0.140. The number of esters is 1. The van der Waals surface area contributed by atoms with Gasteiger partial charge >= 0.3 is 5.97 Å². The molecule has 0 radical (unpaired) electrons. The maximum atomic E-state index is 13.1. The summed E-state index contributed by atoms with van der Waals surface area (Å²) in [6, 6.07) is 31.4. The number of methoxy groups -OCH3 is 1. The molecule has 1 aliphatic rings. The number of likely N-dealkylation sites (tertiary alicyclic amines) is 1. The number of hydrogen-bond acceptors (Lipinski definition) is 6. The van der Waals surface area contributed by atoms with Crippen molar-refractivity contribution in [2.45, 2.75) is 24.9 Å². The number of carbonyl (C=O) groups excluding carboxylic acids is 2. The summed E-state index contributed by atoms with van der Waals surface area (Å²) in [7, 11) is 1.36. The third kappa shape index (κ3) is 5.06. The number of rotatable bonds is 8. The summed E-state index contributed by atoms with van der Waals surface area (Å²) in [4.78, 5) is 27.0. The van der Waals surface area contributed by atoms with E-state index in [1.807, 2.05) is 24.3 Å². The van der Waals surface area contributed by atoms with Gasteiger partial charge in [-0.1, -0.05) is 96.2 Å². The molecule has 0 N–H and O–H groups in total. The van der Waals surface area contributed by atoms with Gasteiger partial charge in [-0.15, -0.1) is 5.10 Å². The number of hydrogen-bond donors (Lipinski definition) is 0. The molecule has 0 saturated carbocycles. The maximum absolute atomic E-state index is 13.1. The van der Waals surface area contributed by atoms with Gasteiger partial charge in [0.2, 0.25) is 0 Å². The monoisotopic (exact) mass is 506 g/mol. The Hall–Kier alpha value is -4.36. The first-order valence-corrected chi connectivity index (χ1v) is 12.7. The van der Waals surface area contributed by atoms with Crippen LogP contribution in [-0.4, -0.2) is 51.8 Å². The molecule has 1 fully saturated rings. The molecule has 38 heavy (non-hydrogen) atoms. The maximum Gasteiger partial charge on any atom is 0.307 e. The Kier molecular flexibility index (Phi) is 7.56. The number of piperidine rings is 1. The van der Waals surface area contributed by atoms with E-state index in [1.165, 1.54) is 7.11 Å². The summed E-state index contributed by atoms with van der Waals surface area (Å²) in [5.41, 5.74) is 4.09. The van der Waals surface area contributed by atoms with Gasteiger partial charge in [-0.05, 0) is 22.8 Å². The Morgan fingerprint density at radius 3 is 2.00 bits per heavy atom. The number of ether oxygens (including phenoxy) is 1. The van der Waals surface area contributed by atoms with Crippen molar-refractivity contribution in [3.8, 4) is 0 Å². The lowest BCUT2D eigenvalue weighted by atomic mass is 9.74. The number of aromatic nitrogens is 3. The Morgan fingerprint density at radius 2 is 1.47 bits per heavy atom. The Balaban J connectivity index is 1.56. The molecule has 0 aliphatic carbocycles. The second-order valence-corrected chi connectivity index (χ2v) is 9.31. The number of carbonyl (C=O) groups is 2. The molecule has 7 heteroatoms. The standard InChI is InChI=1S/C31H30N4O3/c1-38-30(37)18-20-35-23-28(32-33-35)21-24-22-34(19-17-29(24)36)31(25-11-5-2-6-12-25,26-13-7-3-8-14-26)27-15-9-4-10-16-27/h2-16,21,23H,17-20,22H2,1H3/b24-21-. The molecule has 1 aliphatic heterocycles. The third-order valence-corrected chi connectivity index (χ3v) is 7.03. The largest absolute Gasteiger partial charge is 0.469 e. The highest BCUT2D eigenvalue weighted by Gasteiger charge is 2.44. The van der Waals surface area contributed by atoms with Crippen LogP contribution in [0.2, 0.25) is 0 Å². The van der Waals surface area contributed by atoms with Gasteiger partial charge in [0.25, 0.3) is 0 Å². The zero-order valence-corrected chi connectivity index (χ0v) is 21.4. The minimum atomic E-state index is -0.596. The second kappa shape index (κ2) is 11.4. The number of Topliss-reactive ketones (excluding diaryl/α,β-unsaturated/α-hetero) is 1. The highest BCUT2D eigenvalue weighted by molar-refractivity contribution is 6.00. The van der Waals surface area contributed by atoms with E-state index in [4.69, 9.17) is 4.74 Å². The summed E-state index contributed by atoms with van der Waals surface area (Å²) in [6.07, 6.45) is 4.18. The highest BCUT2D eigenvalue weighted by Crippen LogP contribution is 2.43. The molecule has 192 valence electrons. The topological polar surface area (TPSA) is 77.3 Å². The van der Waals surface area contributed by atoms with Gasteiger partial charge in [0.1, 0.15) is 5.69 Å². The quantitative estimate of drug-likeness (QED) is 0.199. The molecule has 0 spiro atoms. The average Bonchev–Trinajstić information content (AvgIpc) is 3.43. The summed E-state index contributed by atoms with van der Waals surface area (Å²) in [5.74, 6) is -0.203. The fourth-order valence-electron chi connectivity index (χ4n) is 5.24. The van der Waals surface area contributed by atoms with E-state index in [2.05, 4.69) is 88.0 Å². The number of aryl methyl sites for hydroxylation is 1. The van der Waals surface area contributed by atoms with E-state index < -0.39 is 5.54 Å². The van der Waals surface area contributed by atoms with Crippen molar-refractivity contribution in [3.05, 3.63) is 125 Å². The zero-order valence-electron chi connectivity index (χ0n) is 21.4. The van der Waals surface area contributed by atoms with E-state index in [1.54, 1.807) is 10.9 Å². The van der Waals surface area contributed by atoms with Crippen LogP contribution in [0.15, 0.2) is 103 Å². The van der Waals surface area contributed by atoms with Gasteiger partial charge in [0.15, 0.2) is 5.78 Å². The van der Waals surface area contributed by atoms with Crippen LogP contribution >= 0.6 is 0 Å². The van der Waals surface area contributed by atoms with Crippen LogP contribution in [-0.2, 0) is 26.4 Å². The Bertz CT molecular complexity index is 1320. The van der Waals surface area contributed by atoms with Crippen molar-refractivity contribution in [2.75, 3.05) is 20.2 Å². The summed E-state index contributed by atoms with van der Waals surface area (Å²) in [6.45, 7) is 1.43. The first kappa shape index (κ1) is 25.3. The third-order valence-electron chi connectivity index (χ3n) is 7.03. The van der Waals surface area contributed by atoms with E-state index in [0.717, 1.165) is 16.7 Å². The lowest BCUT2D eigenvalue weighted by Crippen LogP contribution is -2.52. The molecular formula is C31H30N4O3. The molecule has 5 rings (SSSR count).